The van der Waals surface area contributed by atoms with Crippen molar-refractivity contribution in [1.82, 2.24) is 0 Å². The van der Waals surface area contributed by atoms with Gasteiger partial charge >= 0.3 is 0 Å². The Kier molecular flexibility index (Phi) is 5.90. The molecule has 25 heavy (non-hydrogen) atoms. The Morgan fingerprint density at radius 2 is 1.80 bits per heavy atom. The predicted octanol–water partition coefficient (Wildman–Crippen LogP) is 3.27. The van der Waals surface area contributed by atoms with Crippen molar-refractivity contribution < 1.29 is 13.2 Å². The smallest absolute Gasteiger partial charge is 0.245 e. The van der Waals surface area contributed by atoms with Crippen LogP contribution in [0.1, 0.15) is 5.56 Å². The molecule has 0 aliphatic rings. The number of benzene rings is 2. The number of amides is 1. The third-order valence-electron chi connectivity index (χ3n) is 3.13. The molecule has 0 aromatic heterocycles. The van der Waals surface area contributed by atoms with E-state index in [1.165, 1.54) is 30.3 Å². The summed E-state index contributed by atoms with van der Waals surface area (Å²) in [6.07, 6.45) is 0.963. The lowest BCUT2D eigenvalue weighted by Gasteiger charge is -2.22. The first-order valence-electron chi connectivity index (χ1n) is 6.93. The summed E-state index contributed by atoms with van der Waals surface area (Å²) >= 11 is 11.7. The first-order chi connectivity index (χ1) is 11.7. The van der Waals surface area contributed by atoms with Gasteiger partial charge in [-0.1, -0.05) is 35.3 Å². The second kappa shape index (κ2) is 7.74. The first-order valence-corrected chi connectivity index (χ1v) is 9.54. The van der Waals surface area contributed by atoms with Crippen molar-refractivity contribution >= 4 is 50.5 Å². The van der Waals surface area contributed by atoms with Crippen LogP contribution in [-0.2, 0) is 14.8 Å². The number of hydrogen-bond donors (Lipinski definition) is 1. The second-order valence-corrected chi connectivity index (χ2v) is 7.88. The molecule has 1 amide bonds. The van der Waals surface area contributed by atoms with Crippen LogP contribution in [0, 0.1) is 11.3 Å². The number of sulfonamides is 1. The number of carbonyl (C=O) groups is 1. The van der Waals surface area contributed by atoms with Crippen LogP contribution in [-0.4, -0.2) is 27.1 Å². The average molecular weight is 398 g/mol. The zero-order valence-corrected chi connectivity index (χ0v) is 15.4. The molecule has 0 saturated carbocycles. The van der Waals surface area contributed by atoms with Crippen LogP contribution in [0.25, 0.3) is 0 Å². The summed E-state index contributed by atoms with van der Waals surface area (Å²) in [4.78, 5) is 12.3. The molecule has 0 radical (unpaired) electrons. The molecular weight excluding hydrogens is 385 g/mol. The number of nitriles is 1. The van der Waals surface area contributed by atoms with E-state index in [1.54, 1.807) is 12.1 Å². The van der Waals surface area contributed by atoms with E-state index >= 15 is 0 Å². The quantitative estimate of drug-likeness (QED) is 0.837. The Morgan fingerprint density at radius 1 is 1.20 bits per heavy atom. The summed E-state index contributed by atoms with van der Waals surface area (Å²) in [6.45, 7) is -0.498. The Labute approximate surface area is 155 Å². The molecule has 0 aliphatic heterocycles. The minimum Gasteiger partial charge on any atom is -0.324 e. The molecule has 2 aromatic rings. The molecular formula is C16H13Cl2N3O3S. The molecule has 0 saturated heterocycles. The van der Waals surface area contributed by atoms with Crippen molar-refractivity contribution in [3.05, 3.63) is 58.1 Å². The van der Waals surface area contributed by atoms with Crippen molar-refractivity contribution in [2.45, 2.75) is 0 Å². The molecule has 2 aromatic carbocycles. The third-order valence-corrected chi connectivity index (χ3v) is 4.69. The highest BCUT2D eigenvalue weighted by molar-refractivity contribution is 7.92. The van der Waals surface area contributed by atoms with Crippen LogP contribution in [0.2, 0.25) is 10.0 Å². The molecule has 0 atom stereocenters. The monoisotopic (exact) mass is 397 g/mol. The van der Waals surface area contributed by atoms with E-state index in [4.69, 9.17) is 28.5 Å². The summed E-state index contributed by atoms with van der Waals surface area (Å²) in [5.41, 5.74) is 0.614. The second-order valence-electron chi connectivity index (χ2n) is 5.10. The van der Waals surface area contributed by atoms with Crippen molar-refractivity contribution in [3.63, 3.8) is 0 Å². The molecule has 0 unspecified atom stereocenters. The van der Waals surface area contributed by atoms with Gasteiger partial charge in [-0.25, -0.2) is 8.42 Å². The maximum absolute atomic E-state index is 12.3. The number of halogens is 2. The average Bonchev–Trinajstić information content (AvgIpc) is 2.50. The summed E-state index contributed by atoms with van der Waals surface area (Å²) in [7, 11) is -3.78. The molecule has 2 rings (SSSR count). The van der Waals surface area contributed by atoms with E-state index in [0.29, 0.717) is 15.7 Å². The zero-order chi connectivity index (χ0) is 18.6. The van der Waals surface area contributed by atoms with Gasteiger partial charge in [0.1, 0.15) is 12.6 Å². The van der Waals surface area contributed by atoms with Gasteiger partial charge in [0, 0.05) is 15.7 Å². The standard InChI is InChI=1S/C16H13Cl2N3O3S/c1-25(23,24)21(15-5-3-2-4-11(15)9-19)10-16(22)20-14-7-12(17)6-13(18)8-14/h2-8H,10H2,1H3,(H,20,22). The number of rotatable bonds is 5. The largest absolute Gasteiger partial charge is 0.324 e. The number of hydrogen-bond acceptors (Lipinski definition) is 4. The van der Waals surface area contributed by atoms with Gasteiger partial charge in [-0.3, -0.25) is 9.10 Å². The molecule has 9 heteroatoms. The molecule has 0 fully saturated rings. The van der Waals surface area contributed by atoms with Crippen LogP contribution in [0.4, 0.5) is 11.4 Å². The topological polar surface area (TPSA) is 90.3 Å². The van der Waals surface area contributed by atoms with E-state index < -0.39 is 22.5 Å². The lowest BCUT2D eigenvalue weighted by molar-refractivity contribution is -0.114. The minimum absolute atomic E-state index is 0.131. The van der Waals surface area contributed by atoms with Crippen LogP contribution in [0.5, 0.6) is 0 Å². The van der Waals surface area contributed by atoms with Crippen molar-refractivity contribution in [1.29, 1.82) is 5.26 Å². The Morgan fingerprint density at radius 3 is 2.36 bits per heavy atom. The third kappa shape index (κ3) is 5.10. The van der Waals surface area contributed by atoms with Crippen molar-refractivity contribution in [3.8, 4) is 6.07 Å². The minimum atomic E-state index is -3.78. The first kappa shape index (κ1) is 19.1. The fraction of sp³-hybridized carbons (Fsp3) is 0.125. The van der Waals surface area contributed by atoms with E-state index in [1.807, 2.05) is 6.07 Å². The van der Waals surface area contributed by atoms with Crippen LogP contribution in [0.3, 0.4) is 0 Å². The summed E-state index contributed by atoms with van der Waals surface area (Å²) < 4.78 is 25.0. The molecule has 0 heterocycles. The van der Waals surface area contributed by atoms with Gasteiger partial charge in [-0.05, 0) is 30.3 Å². The molecule has 6 nitrogen and oxygen atoms in total. The van der Waals surface area contributed by atoms with Gasteiger partial charge in [0.25, 0.3) is 0 Å². The van der Waals surface area contributed by atoms with Crippen LogP contribution in [0.15, 0.2) is 42.5 Å². The fourth-order valence-electron chi connectivity index (χ4n) is 2.12. The number of nitrogens with zero attached hydrogens (tertiary/aromatic N) is 2. The van der Waals surface area contributed by atoms with E-state index in [2.05, 4.69) is 5.32 Å². The Balaban J connectivity index is 2.29. The summed E-state index contributed by atoms with van der Waals surface area (Å²) in [5, 5.41) is 12.4. The Hall–Kier alpha value is -2.27. The maximum Gasteiger partial charge on any atom is 0.245 e. The van der Waals surface area contributed by atoms with Gasteiger partial charge < -0.3 is 5.32 Å². The highest BCUT2D eigenvalue weighted by Crippen LogP contribution is 2.24. The van der Waals surface area contributed by atoms with Gasteiger partial charge in [0.05, 0.1) is 17.5 Å². The van der Waals surface area contributed by atoms with Gasteiger partial charge in [0.2, 0.25) is 15.9 Å². The SMILES string of the molecule is CS(=O)(=O)N(CC(=O)Nc1cc(Cl)cc(Cl)c1)c1ccccc1C#N. The molecule has 1 N–H and O–H groups in total. The highest BCUT2D eigenvalue weighted by atomic mass is 35.5. The molecule has 0 spiro atoms. The van der Waals surface area contributed by atoms with Crippen molar-refractivity contribution in [2.75, 3.05) is 22.4 Å². The van der Waals surface area contributed by atoms with Gasteiger partial charge in [-0.2, -0.15) is 5.26 Å². The lowest BCUT2D eigenvalue weighted by atomic mass is 10.2. The van der Waals surface area contributed by atoms with Crippen LogP contribution < -0.4 is 9.62 Å². The maximum atomic E-state index is 12.3. The van der Waals surface area contributed by atoms with Gasteiger partial charge in [-0.15, -0.1) is 0 Å². The van der Waals surface area contributed by atoms with E-state index in [9.17, 15) is 13.2 Å². The number of carbonyl (C=O) groups excluding carboxylic acids is 1. The molecule has 0 bridgehead atoms. The zero-order valence-electron chi connectivity index (χ0n) is 13.0. The van der Waals surface area contributed by atoms with Gasteiger partial charge in [0.15, 0.2) is 0 Å². The fourth-order valence-corrected chi connectivity index (χ4v) is 3.52. The number of anilines is 2. The molecule has 0 aliphatic carbocycles. The summed E-state index contributed by atoms with van der Waals surface area (Å²) in [5.74, 6) is -0.600. The lowest BCUT2D eigenvalue weighted by Crippen LogP contribution is -2.37. The van der Waals surface area contributed by atoms with Crippen LogP contribution >= 0.6 is 23.2 Å². The van der Waals surface area contributed by atoms with E-state index in [0.717, 1.165) is 10.6 Å². The normalized spacial score (nSPS) is 10.8. The van der Waals surface area contributed by atoms with E-state index in [-0.39, 0.29) is 11.3 Å². The highest BCUT2D eigenvalue weighted by Gasteiger charge is 2.23. The van der Waals surface area contributed by atoms with Crippen molar-refractivity contribution in [2.24, 2.45) is 0 Å². The number of para-hydroxylation sites is 1. The Bertz CT molecular complexity index is 935. The number of nitrogens with one attached hydrogen (secondary N) is 1. The summed E-state index contributed by atoms with van der Waals surface area (Å²) in [6, 6.07) is 12.5. The predicted molar refractivity (Wildman–Crippen MR) is 98.4 cm³/mol. The molecule has 130 valence electrons.